The normalized spacial score (nSPS) is 15.1. The van der Waals surface area contributed by atoms with Crippen molar-refractivity contribution in [1.82, 2.24) is 14.7 Å². The largest absolute Gasteiger partial charge is 0.462 e. The van der Waals surface area contributed by atoms with Crippen LogP contribution in [0.15, 0.2) is 52.6 Å². The molecule has 3 heterocycles. The number of ether oxygens (including phenoxy) is 1. The van der Waals surface area contributed by atoms with Crippen LogP contribution < -0.4 is 5.32 Å². The average molecular weight is 397 g/mol. The van der Waals surface area contributed by atoms with Gasteiger partial charge in [0.2, 0.25) is 5.91 Å². The molecule has 0 atom stereocenters. The van der Waals surface area contributed by atoms with Gasteiger partial charge in [-0.3, -0.25) is 9.79 Å². The number of amidine groups is 1. The highest BCUT2D eigenvalue weighted by atomic mass is 32.2. The van der Waals surface area contributed by atoms with Crippen LogP contribution >= 0.6 is 11.8 Å². The van der Waals surface area contributed by atoms with E-state index in [1.165, 1.54) is 22.6 Å². The molecule has 2 aliphatic rings. The maximum atomic E-state index is 12.8. The molecule has 2 aliphatic heterocycles. The first-order valence-electron chi connectivity index (χ1n) is 8.95. The smallest absolute Gasteiger partial charge is 0.343 e. The highest BCUT2D eigenvalue weighted by Crippen LogP contribution is 2.31. The van der Waals surface area contributed by atoms with Crippen molar-refractivity contribution in [1.29, 1.82) is 0 Å². The van der Waals surface area contributed by atoms with Gasteiger partial charge in [-0.15, -0.1) is 0 Å². The maximum Gasteiger partial charge on any atom is 0.343 e. The molecular formula is C19H19N5O3S. The van der Waals surface area contributed by atoms with Crippen LogP contribution in [0.2, 0.25) is 0 Å². The van der Waals surface area contributed by atoms with Gasteiger partial charge in [0.05, 0.1) is 31.5 Å². The molecule has 1 aromatic carbocycles. The number of nitrogens with one attached hydrogen (secondary N) is 1. The van der Waals surface area contributed by atoms with E-state index in [2.05, 4.69) is 15.4 Å². The molecular weight excluding hydrogens is 378 g/mol. The third-order valence-electron chi connectivity index (χ3n) is 4.31. The van der Waals surface area contributed by atoms with Gasteiger partial charge in [-0.2, -0.15) is 5.10 Å². The Labute approximate surface area is 166 Å². The summed E-state index contributed by atoms with van der Waals surface area (Å²) >= 11 is 1.53. The van der Waals surface area contributed by atoms with Gasteiger partial charge in [-0.25, -0.2) is 9.48 Å². The Morgan fingerprint density at radius 2 is 2.11 bits per heavy atom. The Morgan fingerprint density at radius 3 is 2.89 bits per heavy atom. The first-order valence-corrected chi connectivity index (χ1v) is 9.83. The van der Waals surface area contributed by atoms with Gasteiger partial charge in [-0.05, 0) is 24.5 Å². The van der Waals surface area contributed by atoms with Crippen molar-refractivity contribution in [3.8, 4) is 5.69 Å². The molecule has 8 nitrogen and oxygen atoms in total. The fraction of sp³-hybridized carbons (Fsp3) is 0.263. The van der Waals surface area contributed by atoms with Gasteiger partial charge in [0.1, 0.15) is 5.56 Å². The van der Waals surface area contributed by atoms with Crippen LogP contribution in [0.1, 0.15) is 23.7 Å². The summed E-state index contributed by atoms with van der Waals surface area (Å²) in [4.78, 5) is 31.5. The fourth-order valence-corrected chi connectivity index (χ4v) is 4.00. The van der Waals surface area contributed by atoms with Crippen LogP contribution in [0.3, 0.4) is 0 Å². The van der Waals surface area contributed by atoms with E-state index in [9.17, 15) is 9.59 Å². The number of para-hydroxylation sites is 1. The average Bonchev–Trinajstić information content (AvgIpc) is 3.40. The predicted molar refractivity (Wildman–Crippen MR) is 107 cm³/mol. The molecule has 0 radical (unpaired) electrons. The van der Waals surface area contributed by atoms with Crippen molar-refractivity contribution in [2.45, 2.75) is 13.3 Å². The number of hydrogen-bond acceptors (Lipinski definition) is 7. The van der Waals surface area contributed by atoms with E-state index in [0.717, 1.165) is 29.6 Å². The van der Waals surface area contributed by atoms with Crippen LogP contribution in [0.4, 0.5) is 5.82 Å². The lowest BCUT2D eigenvalue weighted by atomic mass is 10.2. The Bertz CT molecular complexity index is 967. The summed E-state index contributed by atoms with van der Waals surface area (Å²) in [6.07, 6.45) is 1.60. The van der Waals surface area contributed by atoms with Gasteiger partial charge >= 0.3 is 5.97 Å². The lowest BCUT2D eigenvalue weighted by Gasteiger charge is -2.16. The number of rotatable bonds is 6. The minimum Gasteiger partial charge on any atom is -0.462 e. The number of amides is 1. The Balaban J connectivity index is 1.58. The topological polar surface area (TPSA) is 88.8 Å². The van der Waals surface area contributed by atoms with Crippen molar-refractivity contribution < 1.29 is 14.3 Å². The van der Waals surface area contributed by atoms with E-state index in [-0.39, 0.29) is 24.5 Å². The third kappa shape index (κ3) is 3.53. The maximum absolute atomic E-state index is 12.8. The number of esters is 1. The van der Waals surface area contributed by atoms with Crippen molar-refractivity contribution in [2.75, 3.05) is 25.0 Å². The molecule has 0 saturated heterocycles. The molecule has 0 unspecified atom stereocenters. The van der Waals surface area contributed by atoms with Crippen molar-refractivity contribution in [3.05, 3.63) is 53.2 Å². The zero-order chi connectivity index (χ0) is 19.5. The monoisotopic (exact) mass is 397 g/mol. The van der Waals surface area contributed by atoms with E-state index < -0.39 is 5.97 Å². The summed E-state index contributed by atoms with van der Waals surface area (Å²) in [7, 11) is 0. The van der Waals surface area contributed by atoms with E-state index >= 15 is 0 Å². The van der Waals surface area contributed by atoms with E-state index in [4.69, 9.17) is 4.74 Å². The molecule has 1 amide bonds. The summed E-state index contributed by atoms with van der Waals surface area (Å²) in [5, 5.41) is 10.0. The van der Waals surface area contributed by atoms with Gasteiger partial charge in [-0.1, -0.05) is 30.0 Å². The summed E-state index contributed by atoms with van der Waals surface area (Å²) in [5.41, 5.74) is 1.86. The molecule has 9 heteroatoms. The molecule has 28 heavy (non-hydrogen) atoms. The predicted octanol–water partition coefficient (Wildman–Crippen LogP) is 2.64. The van der Waals surface area contributed by atoms with Crippen LogP contribution in [-0.2, 0) is 9.53 Å². The highest BCUT2D eigenvalue weighted by molar-refractivity contribution is 8.16. The number of carbonyl (C=O) groups is 2. The second kappa shape index (κ2) is 7.89. The molecule has 0 aliphatic carbocycles. The molecule has 4 rings (SSSR count). The first-order chi connectivity index (χ1) is 13.7. The number of benzene rings is 1. The molecule has 1 aromatic heterocycles. The minimum atomic E-state index is -0.524. The van der Waals surface area contributed by atoms with Crippen molar-refractivity contribution in [3.63, 3.8) is 0 Å². The zero-order valence-corrected chi connectivity index (χ0v) is 16.1. The molecule has 0 saturated carbocycles. The second-order valence-electron chi connectivity index (χ2n) is 6.14. The van der Waals surface area contributed by atoms with Crippen LogP contribution in [0.25, 0.3) is 5.69 Å². The molecule has 0 spiro atoms. The number of anilines is 1. The number of fused-ring (bicyclic) bond motifs is 1. The first kappa shape index (κ1) is 18.3. The van der Waals surface area contributed by atoms with Crippen LogP contribution in [-0.4, -0.2) is 51.4 Å². The van der Waals surface area contributed by atoms with Crippen LogP contribution in [0.5, 0.6) is 0 Å². The zero-order valence-electron chi connectivity index (χ0n) is 15.3. The molecule has 1 N–H and O–H groups in total. The molecule has 0 fully saturated rings. The second-order valence-corrected chi connectivity index (χ2v) is 6.98. The number of aliphatic imine (C=N–C) groups is 1. The van der Waals surface area contributed by atoms with Crippen molar-refractivity contribution in [2.24, 2.45) is 4.99 Å². The number of thioether (sulfide) groups is 1. The number of carbonyl (C=O) groups excluding carboxylic acids is 2. The summed E-state index contributed by atoms with van der Waals surface area (Å²) in [6.45, 7) is 3.51. The van der Waals surface area contributed by atoms with E-state index in [1.807, 2.05) is 40.6 Å². The van der Waals surface area contributed by atoms with Gasteiger partial charge in [0.15, 0.2) is 11.0 Å². The number of aromatic nitrogens is 2. The number of hydrogen-bond donors (Lipinski definition) is 1. The highest BCUT2D eigenvalue weighted by Gasteiger charge is 2.28. The fourth-order valence-electron chi connectivity index (χ4n) is 3.05. The third-order valence-corrected chi connectivity index (χ3v) is 5.26. The van der Waals surface area contributed by atoms with Gasteiger partial charge < -0.3 is 15.0 Å². The van der Waals surface area contributed by atoms with Gasteiger partial charge in [0, 0.05) is 12.2 Å². The van der Waals surface area contributed by atoms with Crippen LogP contribution in [0, 0.1) is 0 Å². The lowest BCUT2D eigenvalue weighted by molar-refractivity contribution is -0.115. The molecule has 0 bridgehead atoms. The van der Waals surface area contributed by atoms with E-state index in [1.54, 1.807) is 6.92 Å². The Kier molecular flexibility index (Phi) is 5.16. The summed E-state index contributed by atoms with van der Waals surface area (Å²) in [5.74, 6) is -0.455. The summed E-state index contributed by atoms with van der Waals surface area (Å²) < 4.78 is 6.64. The number of nitrogens with zero attached hydrogens (tertiary/aromatic N) is 4. The standard InChI is InChI=1S/C19H19N5O3S/c1-2-27-18(26)15-11-21-24(13-6-4-3-5-7-13)17(15)22-16(25)10-14-12-28-19-20-8-9-23(14)19/h3-7,11-12H,2,8-10H2,1H3,(H,22,25). The van der Waals surface area contributed by atoms with Gasteiger partial charge in [0.25, 0.3) is 0 Å². The molecule has 144 valence electrons. The Morgan fingerprint density at radius 1 is 1.29 bits per heavy atom. The minimum absolute atomic E-state index is 0.189. The SMILES string of the molecule is CCOC(=O)c1cnn(-c2ccccc2)c1NC(=O)CC1=CSC2=NCCN12. The van der Waals surface area contributed by atoms with E-state index in [0.29, 0.717) is 5.82 Å². The molecule has 2 aromatic rings. The quantitative estimate of drug-likeness (QED) is 0.754. The summed E-state index contributed by atoms with van der Waals surface area (Å²) in [6, 6.07) is 9.31. The Hall–Kier alpha value is -3.07. The lowest BCUT2D eigenvalue weighted by Crippen LogP contribution is -2.25. The van der Waals surface area contributed by atoms with Crippen molar-refractivity contribution >= 4 is 34.6 Å².